The van der Waals surface area contributed by atoms with E-state index < -0.39 is 0 Å². The minimum Gasteiger partial charge on any atom is -0.398 e. The minimum absolute atomic E-state index is 0.809. The first-order chi connectivity index (χ1) is 9.52. The van der Waals surface area contributed by atoms with E-state index in [9.17, 15) is 0 Å². The van der Waals surface area contributed by atoms with E-state index in [1.165, 1.54) is 11.1 Å². The van der Waals surface area contributed by atoms with Gasteiger partial charge in [-0.25, -0.2) is 0 Å². The molecule has 0 saturated carbocycles. The van der Waals surface area contributed by atoms with Crippen molar-refractivity contribution in [3.8, 4) is 0 Å². The van der Waals surface area contributed by atoms with Crippen molar-refractivity contribution in [2.45, 2.75) is 53.4 Å². The van der Waals surface area contributed by atoms with Crippen LogP contribution in [0, 0.1) is 0 Å². The fourth-order valence-corrected chi connectivity index (χ4v) is 2.41. The highest BCUT2D eigenvalue weighted by atomic mass is 14.6. The lowest BCUT2D eigenvalue weighted by molar-refractivity contribution is 0.958. The highest BCUT2D eigenvalue weighted by Gasteiger charge is 2.13. The smallest absolute Gasteiger partial charge is 0.0397 e. The Morgan fingerprint density at radius 3 is 1.50 bits per heavy atom. The number of anilines is 2. The monoisotopic (exact) mass is 272 g/mol. The predicted molar refractivity (Wildman–Crippen MR) is 92.4 cm³/mol. The van der Waals surface area contributed by atoms with E-state index in [2.05, 4.69) is 39.8 Å². The van der Waals surface area contributed by atoms with Gasteiger partial charge in [0.15, 0.2) is 0 Å². The Kier molecular flexibility index (Phi) is 6.37. The molecule has 4 N–H and O–H groups in total. The standard InChI is InChI=1S/C18H28N2/c1-5-7-9-13(3)17-15(19)11-12-16(20)18(17)14(4)10-8-6-2/h9-12H,5-8,19-20H2,1-4H3. The van der Waals surface area contributed by atoms with E-state index in [1.807, 2.05) is 12.1 Å². The number of nitrogens with two attached hydrogens (primary N) is 2. The zero-order chi connectivity index (χ0) is 15.1. The summed E-state index contributed by atoms with van der Waals surface area (Å²) in [7, 11) is 0. The summed E-state index contributed by atoms with van der Waals surface area (Å²) >= 11 is 0. The molecule has 2 nitrogen and oxygen atoms in total. The van der Waals surface area contributed by atoms with Crippen LogP contribution in [0.3, 0.4) is 0 Å². The summed E-state index contributed by atoms with van der Waals surface area (Å²) in [5.74, 6) is 0. The molecule has 2 heteroatoms. The minimum atomic E-state index is 0.809. The second-order valence-corrected chi connectivity index (χ2v) is 5.35. The molecule has 1 rings (SSSR count). The maximum Gasteiger partial charge on any atom is 0.0397 e. The average Bonchev–Trinajstić information content (AvgIpc) is 2.44. The number of allylic oxidation sites excluding steroid dienone is 4. The van der Waals surface area contributed by atoms with Gasteiger partial charge in [-0.1, -0.05) is 38.8 Å². The maximum atomic E-state index is 6.21. The van der Waals surface area contributed by atoms with Gasteiger partial charge in [0.25, 0.3) is 0 Å². The van der Waals surface area contributed by atoms with E-state index in [0.717, 1.165) is 48.2 Å². The van der Waals surface area contributed by atoms with E-state index in [0.29, 0.717) is 0 Å². The van der Waals surface area contributed by atoms with Crippen molar-refractivity contribution in [2.75, 3.05) is 11.5 Å². The second kappa shape index (κ2) is 7.78. The van der Waals surface area contributed by atoms with Gasteiger partial charge in [0, 0.05) is 22.5 Å². The molecule has 1 aromatic carbocycles. The molecule has 20 heavy (non-hydrogen) atoms. The quantitative estimate of drug-likeness (QED) is 0.694. The molecule has 0 unspecified atom stereocenters. The van der Waals surface area contributed by atoms with Crippen LogP contribution in [0.15, 0.2) is 24.3 Å². The van der Waals surface area contributed by atoms with Crippen molar-refractivity contribution in [1.29, 1.82) is 0 Å². The summed E-state index contributed by atoms with van der Waals surface area (Å²) in [6, 6.07) is 3.81. The highest BCUT2D eigenvalue weighted by molar-refractivity contribution is 5.90. The largest absolute Gasteiger partial charge is 0.398 e. The molecule has 0 aliphatic heterocycles. The Morgan fingerprint density at radius 1 is 0.850 bits per heavy atom. The number of nitrogen functional groups attached to an aromatic ring is 2. The lowest BCUT2D eigenvalue weighted by Crippen LogP contribution is -2.02. The van der Waals surface area contributed by atoms with Crippen LogP contribution in [0.25, 0.3) is 11.1 Å². The second-order valence-electron chi connectivity index (χ2n) is 5.35. The first-order valence-electron chi connectivity index (χ1n) is 7.55. The molecule has 0 bridgehead atoms. The first kappa shape index (κ1) is 16.4. The van der Waals surface area contributed by atoms with Crippen molar-refractivity contribution in [3.63, 3.8) is 0 Å². The molecule has 0 radical (unpaired) electrons. The summed E-state index contributed by atoms with van der Waals surface area (Å²) in [5.41, 5.74) is 18.7. The van der Waals surface area contributed by atoms with Gasteiger partial charge in [0.2, 0.25) is 0 Å². The number of hydrogen-bond acceptors (Lipinski definition) is 2. The van der Waals surface area contributed by atoms with Gasteiger partial charge in [-0.05, 0) is 50.0 Å². The molecule has 110 valence electrons. The van der Waals surface area contributed by atoms with Gasteiger partial charge in [0.05, 0.1) is 0 Å². The number of benzene rings is 1. The lowest BCUT2D eigenvalue weighted by atomic mass is 9.91. The maximum absolute atomic E-state index is 6.21. The van der Waals surface area contributed by atoms with E-state index in [-0.39, 0.29) is 0 Å². The average molecular weight is 272 g/mol. The van der Waals surface area contributed by atoms with Crippen molar-refractivity contribution in [3.05, 3.63) is 35.4 Å². The van der Waals surface area contributed by atoms with Gasteiger partial charge in [-0.3, -0.25) is 0 Å². The Labute approximate surface area is 123 Å². The Hall–Kier alpha value is -1.70. The molecule has 0 heterocycles. The van der Waals surface area contributed by atoms with Crippen molar-refractivity contribution in [1.82, 2.24) is 0 Å². The third-order valence-electron chi connectivity index (χ3n) is 3.54. The van der Waals surface area contributed by atoms with Crippen LogP contribution in [-0.2, 0) is 0 Å². The Bertz CT molecular complexity index is 463. The van der Waals surface area contributed by atoms with Gasteiger partial charge in [-0.15, -0.1) is 0 Å². The SMILES string of the molecule is CCCC=C(C)c1c(N)ccc(N)c1C(C)=CCCC. The molecule has 0 aromatic heterocycles. The molecule has 0 fully saturated rings. The highest BCUT2D eigenvalue weighted by Crippen LogP contribution is 2.35. The molecular formula is C18H28N2. The van der Waals surface area contributed by atoms with Gasteiger partial charge in [-0.2, -0.15) is 0 Å². The molecule has 0 aliphatic carbocycles. The van der Waals surface area contributed by atoms with Gasteiger partial charge >= 0.3 is 0 Å². The van der Waals surface area contributed by atoms with Crippen molar-refractivity contribution in [2.24, 2.45) is 0 Å². The van der Waals surface area contributed by atoms with Gasteiger partial charge < -0.3 is 11.5 Å². The lowest BCUT2D eigenvalue weighted by Gasteiger charge is -2.16. The summed E-state index contributed by atoms with van der Waals surface area (Å²) in [6.45, 7) is 8.61. The number of rotatable bonds is 6. The molecule has 1 aromatic rings. The first-order valence-corrected chi connectivity index (χ1v) is 7.55. The summed E-state index contributed by atoms with van der Waals surface area (Å²) in [4.78, 5) is 0. The third-order valence-corrected chi connectivity index (χ3v) is 3.54. The topological polar surface area (TPSA) is 52.0 Å². The molecule has 0 saturated heterocycles. The molecular weight excluding hydrogens is 244 g/mol. The predicted octanol–water partition coefficient (Wildman–Crippen LogP) is 5.26. The number of unbranched alkanes of at least 4 members (excludes halogenated alkanes) is 2. The van der Waals surface area contributed by atoms with E-state index in [4.69, 9.17) is 11.5 Å². The van der Waals surface area contributed by atoms with Crippen LogP contribution in [0.5, 0.6) is 0 Å². The summed E-state index contributed by atoms with van der Waals surface area (Å²) in [6.07, 6.45) is 8.91. The summed E-state index contributed by atoms with van der Waals surface area (Å²) < 4.78 is 0. The fourth-order valence-electron chi connectivity index (χ4n) is 2.41. The van der Waals surface area contributed by atoms with E-state index >= 15 is 0 Å². The van der Waals surface area contributed by atoms with Crippen LogP contribution in [-0.4, -0.2) is 0 Å². The Balaban J connectivity index is 3.38. The Morgan fingerprint density at radius 2 is 1.20 bits per heavy atom. The number of hydrogen-bond donors (Lipinski definition) is 2. The fraction of sp³-hybridized carbons (Fsp3) is 0.444. The van der Waals surface area contributed by atoms with Crippen molar-refractivity contribution < 1.29 is 0 Å². The molecule has 0 spiro atoms. The van der Waals surface area contributed by atoms with Crippen LogP contribution in [0.2, 0.25) is 0 Å². The third kappa shape index (κ3) is 3.89. The zero-order valence-electron chi connectivity index (χ0n) is 13.3. The molecule has 0 atom stereocenters. The molecule has 0 aliphatic rings. The van der Waals surface area contributed by atoms with Crippen molar-refractivity contribution >= 4 is 22.5 Å². The van der Waals surface area contributed by atoms with Gasteiger partial charge in [0.1, 0.15) is 0 Å². The zero-order valence-corrected chi connectivity index (χ0v) is 13.3. The van der Waals surface area contributed by atoms with Crippen LogP contribution >= 0.6 is 0 Å². The van der Waals surface area contributed by atoms with E-state index in [1.54, 1.807) is 0 Å². The van der Waals surface area contributed by atoms with Crippen LogP contribution in [0.1, 0.15) is 64.5 Å². The normalized spacial score (nSPS) is 12.8. The van der Waals surface area contributed by atoms with Crippen LogP contribution in [0.4, 0.5) is 11.4 Å². The summed E-state index contributed by atoms with van der Waals surface area (Å²) in [5, 5.41) is 0. The van der Waals surface area contributed by atoms with Crippen LogP contribution < -0.4 is 11.5 Å². The molecule has 0 amide bonds.